The minimum Gasteiger partial charge on any atom is -0.345 e. The number of carbonyl (C=O) groups excluding carboxylic acids is 2. The molecule has 1 atom stereocenters. The number of nitrogens with one attached hydrogen (secondary N) is 2. The highest BCUT2D eigenvalue weighted by atomic mass is 16.2. The van der Waals surface area contributed by atoms with E-state index in [4.69, 9.17) is 4.98 Å². The van der Waals surface area contributed by atoms with Crippen LogP contribution in [0, 0.1) is 6.92 Å². The van der Waals surface area contributed by atoms with E-state index in [0.29, 0.717) is 25.2 Å². The van der Waals surface area contributed by atoms with Gasteiger partial charge in [0.15, 0.2) is 0 Å². The van der Waals surface area contributed by atoms with Gasteiger partial charge in [-0.15, -0.1) is 0 Å². The molecular formula is C25H32N4O2. The van der Waals surface area contributed by atoms with Gasteiger partial charge >= 0.3 is 6.03 Å². The van der Waals surface area contributed by atoms with Crippen molar-refractivity contribution in [1.29, 1.82) is 0 Å². The summed E-state index contributed by atoms with van der Waals surface area (Å²) in [6.07, 6.45) is 4.76. The third-order valence-electron chi connectivity index (χ3n) is 6.48. The van der Waals surface area contributed by atoms with Gasteiger partial charge in [0.1, 0.15) is 0 Å². The molecule has 1 unspecified atom stereocenters. The number of rotatable bonds is 4. The van der Waals surface area contributed by atoms with Gasteiger partial charge in [0, 0.05) is 31.2 Å². The Morgan fingerprint density at radius 2 is 1.87 bits per heavy atom. The number of urea groups is 1. The van der Waals surface area contributed by atoms with Crippen molar-refractivity contribution >= 4 is 11.9 Å². The Hall–Kier alpha value is -2.89. The summed E-state index contributed by atoms with van der Waals surface area (Å²) in [5.74, 6) is 0.139. The van der Waals surface area contributed by atoms with E-state index in [-0.39, 0.29) is 23.9 Å². The number of aromatic nitrogens is 1. The van der Waals surface area contributed by atoms with Crippen LogP contribution in [0.5, 0.6) is 0 Å². The lowest BCUT2D eigenvalue weighted by molar-refractivity contribution is 0.0929. The number of fused-ring (bicyclic) bond motifs is 1. The Balaban J connectivity index is 1.50. The predicted octanol–water partition coefficient (Wildman–Crippen LogP) is 4.11. The Kier molecular flexibility index (Phi) is 6.54. The van der Waals surface area contributed by atoms with Crippen molar-refractivity contribution in [3.05, 3.63) is 64.5 Å². The van der Waals surface area contributed by atoms with Crippen LogP contribution in [-0.4, -0.2) is 41.5 Å². The van der Waals surface area contributed by atoms with E-state index in [0.717, 1.165) is 43.5 Å². The zero-order valence-corrected chi connectivity index (χ0v) is 18.5. The lowest BCUT2D eigenvalue weighted by Gasteiger charge is -2.32. The fourth-order valence-corrected chi connectivity index (χ4v) is 4.84. The van der Waals surface area contributed by atoms with Crippen molar-refractivity contribution in [3.8, 4) is 0 Å². The fourth-order valence-electron chi connectivity index (χ4n) is 4.84. The standard InChI is InChI=1S/C25H32N4O2/c1-3-26-25(31)29-15-13-19(14-16-29)23-21(12-11-17(2)27-23)24(30)28-22-10-6-8-18-7-4-5-9-20(18)22/h4-5,7,9,11-12,19,22H,3,6,8,10,13-16H2,1-2H3,(H,26,31)(H,28,30). The largest absolute Gasteiger partial charge is 0.345 e. The van der Waals surface area contributed by atoms with Gasteiger partial charge in [0.05, 0.1) is 17.3 Å². The topological polar surface area (TPSA) is 74.3 Å². The number of hydrogen-bond acceptors (Lipinski definition) is 3. The molecule has 1 aliphatic heterocycles. The van der Waals surface area contributed by atoms with Crippen LogP contribution >= 0.6 is 0 Å². The van der Waals surface area contributed by atoms with Crippen LogP contribution in [0.4, 0.5) is 4.79 Å². The van der Waals surface area contributed by atoms with Crippen molar-refractivity contribution in [1.82, 2.24) is 20.5 Å². The molecule has 2 aromatic rings. The molecule has 4 rings (SSSR count). The highest BCUT2D eigenvalue weighted by molar-refractivity contribution is 5.95. The molecule has 31 heavy (non-hydrogen) atoms. The van der Waals surface area contributed by atoms with E-state index < -0.39 is 0 Å². The minimum atomic E-state index is -0.0460. The molecule has 0 saturated carbocycles. The zero-order chi connectivity index (χ0) is 21.8. The molecule has 2 heterocycles. The fraction of sp³-hybridized carbons (Fsp3) is 0.480. The van der Waals surface area contributed by atoms with E-state index in [9.17, 15) is 9.59 Å². The smallest absolute Gasteiger partial charge is 0.317 e. The maximum Gasteiger partial charge on any atom is 0.317 e. The first-order valence-corrected chi connectivity index (χ1v) is 11.5. The summed E-state index contributed by atoms with van der Waals surface area (Å²) in [4.78, 5) is 32.1. The molecule has 1 aliphatic carbocycles. The van der Waals surface area contributed by atoms with E-state index in [2.05, 4.69) is 28.8 Å². The van der Waals surface area contributed by atoms with Crippen molar-refractivity contribution in [3.63, 3.8) is 0 Å². The molecule has 6 heteroatoms. The Bertz CT molecular complexity index is 950. The highest BCUT2D eigenvalue weighted by Crippen LogP contribution is 2.32. The van der Waals surface area contributed by atoms with Crippen LogP contribution in [0.15, 0.2) is 36.4 Å². The Labute approximate surface area is 184 Å². The Morgan fingerprint density at radius 3 is 2.65 bits per heavy atom. The first kappa shape index (κ1) is 21.3. The third-order valence-corrected chi connectivity index (χ3v) is 6.48. The summed E-state index contributed by atoms with van der Waals surface area (Å²) in [7, 11) is 0. The maximum absolute atomic E-state index is 13.3. The Morgan fingerprint density at radius 1 is 1.10 bits per heavy atom. The van der Waals surface area contributed by atoms with E-state index >= 15 is 0 Å². The SMILES string of the molecule is CCNC(=O)N1CCC(c2nc(C)ccc2C(=O)NC2CCCc3ccccc32)CC1. The molecule has 1 aromatic heterocycles. The normalized spacial score (nSPS) is 18.9. The molecule has 2 N–H and O–H groups in total. The van der Waals surface area contributed by atoms with Crippen molar-refractivity contribution in [2.24, 2.45) is 0 Å². The van der Waals surface area contributed by atoms with E-state index in [1.54, 1.807) is 0 Å². The second-order valence-corrected chi connectivity index (χ2v) is 8.60. The monoisotopic (exact) mass is 420 g/mol. The summed E-state index contributed by atoms with van der Waals surface area (Å²) in [6, 6.07) is 12.3. The van der Waals surface area contributed by atoms with Crippen LogP contribution in [-0.2, 0) is 6.42 Å². The van der Waals surface area contributed by atoms with Crippen molar-refractivity contribution < 1.29 is 9.59 Å². The first-order chi connectivity index (χ1) is 15.1. The van der Waals surface area contributed by atoms with Gasteiger partial charge < -0.3 is 15.5 Å². The number of aryl methyl sites for hydroxylation is 2. The van der Waals surface area contributed by atoms with E-state index in [1.165, 1.54) is 11.1 Å². The first-order valence-electron chi connectivity index (χ1n) is 11.5. The van der Waals surface area contributed by atoms with Gasteiger partial charge in [0.2, 0.25) is 0 Å². The summed E-state index contributed by atoms with van der Waals surface area (Å²) in [6.45, 7) is 5.89. The highest BCUT2D eigenvalue weighted by Gasteiger charge is 2.29. The second kappa shape index (κ2) is 9.50. The average molecular weight is 421 g/mol. The number of amides is 3. The van der Waals surface area contributed by atoms with Crippen LogP contribution in [0.3, 0.4) is 0 Å². The molecule has 0 spiro atoms. The number of hydrogen-bond donors (Lipinski definition) is 2. The summed E-state index contributed by atoms with van der Waals surface area (Å²) in [5, 5.41) is 6.15. The van der Waals surface area contributed by atoms with Crippen molar-refractivity contribution in [2.45, 2.75) is 57.9 Å². The second-order valence-electron chi connectivity index (χ2n) is 8.60. The van der Waals surface area contributed by atoms with Gasteiger partial charge in [-0.1, -0.05) is 24.3 Å². The number of carbonyl (C=O) groups is 2. The maximum atomic E-state index is 13.3. The van der Waals surface area contributed by atoms with Gasteiger partial charge in [-0.25, -0.2) is 4.79 Å². The average Bonchev–Trinajstić information content (AvgIpc) is 2.79. The van der Waals surface area contributed by atoms with Crippen LogP contribution < -0.4 is 10.6 Å². The number of likely N-dealkylation sites (tertiary alicyclic amines) is 1. The lowest BCUT2D eigenvalue weighted by atomic mass is 9.87. The van der Waals surface area contributed by atoms with Crippen LogP contribution in [0.1, 0.15) is 77.4 Å². The summed E-state index contributed by atoms with van der Waals surface area (Å²) >= 11 is 0. The van der Waals surface area contributed by atoms with Gasteiger partial charge in [-0.3, -0.25) is 9.78 Å². The van der Waals surface area contributed by atoms with Gasteiger partial charge in [0.25, 0.3) is 5.91 Å². The molecule has 6 nitrogen and oxygen atoms in total. The van der Waals surface area contributed by atoms with Crippen LogP contribution in [0.25, 0.3) is 0 Å². The summed E-state index contributed by atoms with van der Waals surface area (Å²) in [5.41, 5.74) is 5.03. The predicted molar refractivity (Wildman–Crippen MR) is 121 cm³/mol. The molecule has 2 aliphatic rings. The van der Waals surface area contributed by atoms with Gasteiger partial charge in [-0.2, -0.15) is 0 Å². The molecule has 164 valence electrons. The minimum absolute atomic E-state index is 0.00733. The molecule has 1 saturated heterocycles. The van der Waals surface area contributed by atoms with Gasteiger partial charge in [-0.05, 0) is 69.2 Å². The quantitative estimate of drug-likeness (QED) is 0.782. The van der Waals surface area contributed by atoms with E-state index in [1.807, 2.05) is 36.9 Å². The third kappa shape index (κ3) is 4.73. The number of piperidine rings is 1. The molecule has 3 amide bonds. The number of benzene rings is 1. The molecule has 0 bridgehead atoms. The summed E-state index contributed by atoms with van der Waals surface area (Å²) < 4.78 is 0. The van der Waals surface area contributed by atoms with Crippen molar-refractivity contribution in [2.75, 3.05) is 19.6 Å². The molecule has 1 fully saturated rings. The van der Waals surface area contributed by atoms with Crippen LogP contribution in [0.2, 0.25) is 0 Å². The number of pyridine rings is 1. The number of nitrogens with zero attached hydrogens (tertiary/aromatic N) is 2. The molecule has 1 aromatic carbocycles. The molecule has 0 radical (unpaired) electrons. The lowest BCUT2D eigenvalue weighted by Crippen LogP contribution is -2.44. The zero-order valence-electron chi connectivity index (χ0n) is 18.5. The molecular weight excluding hydrogens is 388 g/mol.